The quantitative estimate of drug-likeness (QED) is 0.669. The predicted molar refractivity (Wildman–Crippen MR) is 108 cm³/mol. The number of hydrogen-bond acceptors (Lipinski definition) is 3. The van der Waals surface area contributed by atoms with E-state index in [0.29, 0.717) is 5.39 Å². The van der Waals surface area contributed by atoms with Gasteiger partial charge in [0.25, 0.3) is 5.56 Å². The van der Waals surface area contributed by atoms with Gasteiger partial charge in [-0.25, -0.2) is 4.98 Å². The van der Waals surface area contributed by atoms with Crippen molar-refractivity contribution in [2.75, 3.05) is 6.54 Å². The van der Waals surface area contributed by atoms with E-state index in [4.69, 9.17) is 4.98 Å². The molecule has 0 aliphatic heterocycles. The minimum Gasteiger partial charge on any atom is -0.308 e. The Bertz CT molecular complexity index is 975. The maximum absolute atomic E-state index is 13.3. The first-order chi connectivity index (χ1) is 12.5. The van der Waals surface area contributed by atoms with Gasteiger partial charge in [-0.2, -0.15) is 0 Å². The molecule has 0 radical (unpaired) electrons. The van der Waals surface area contributed by atoms with Gasteiger partial charge in [-0.15, -0.1) is 0 Å². The van der Waals surface area contributed by atoms with Crippen molar-refractivity contribution in [1.82, 2.24) is 14.9 Å². The van der Waals surface area contributed by atoms with Gasteiger partial charge in [-0.1, -0.05) is 31.5 Å². The van der Waals surface area contributed by atoms with Crippen molar-refractivity contribution in [2.24, 2.45) is 0 Å². The number of hydrogen-bond donors (Lipinski definition) is 1. The van der Waals surface area contributed by atoms with Gasteiger partial charge in [0.15, 0.2) is 0 Å². The van der Waals surface area contributed by atoms with Crippen molar-refractivity contribution >= 4 is 10.9 Å². The largest absolute Gasteiger partial charge is 0.308 e. The van der Waals surface area contributed by atoms with Crippen LogP contribution in [-0.2, 0) is 0 Å². The number of para-hydroxylation sites is 1. The lowest BCUT2D eigenvalue weighted by Crippen LogP contribution is -2.30. The van der Waals surface area contributed by atoms with Crippen LogP contribution in [0.5, 0.6) is 0 Å². The Hall–Kier alpha value is -2.46. The zero-order valence-electron chi connectivity index (χ0n) is 16.0. The molecule has 3 aromatic rings. The highest BCUT2D eigenvalue weighted by molar-refractivity contribution is 5.77. The molecule has 0 saturated heterocycles. The van der Waals surface area contributed by atoms with Crippen LogP contribution in [0.25, 0.3) is 16.6 Å². The van der Waals surface area contributed by atoms with E-state index >= 15 is 0 Å². The molecule has 1 atom stereocenters. The Labute approximate surface area is 154 Å². The summed E-state index contributed by atoms with van der Waals surface area (Å²) in [6, 6.07) is 13.7. The zero-order valence-corrected chi connectivity index (χ0v) is 16.0. The first kappa shape index (κ1) is 18.3. The third-order valence-electron chi connectivity index (χ3n) is 4.92. The number of nitrogens with one attached hydrogen (secondary N) is 1. The summed E-state index contributed by atoms with van der Waals surface area (Å²) in [5.41, 5.74) is 3.98. The number of nitrogens with zero attached hydrogens (tertiary/aromatic N) is 2. The van der Waals surface area contributed by atoms with Crippen LogP contribution in [0.3, 0.4) is 0 Å². The number of aryl methyl sites for hydroxylation is 2. The molecule has 0 saturated carbocycles. The van der Waals surface area contributed by atoms with Crippen molar-refractivity contribution in [2.45, 2.75) is 46.6 Å². The molecule has 0 aliphatic rings. The van der Waals surface area contributed by atoms with Gasteiger partial charge >= 0.3 is 0 Å². The summed E-state index contributed by atoms with van der Waals surface area (Å²) in [6.45, 7) is 9.31. The molecule has 0 spiro atoms. The molecule has 0 aliphatic carbocycles. The molecule has 1 N–H and O–H groups in total. The molecular formula is C22H27N3O. The topological polar surface area (TPSA) is 46.9 Å². The number of fused-ring (bicyclic) bond motifs is 1. The molecule has 1 unspecified atom stereocenters. The summed E-state index contributed by atoms with van der Waals surface area (Å²) in [5.74, 6) is 0.757. The summed E-state index contributed by atoms with van der Waals surface area (Å²) < 4.78 is 1.76. The van der Waals surface area contributed by atoms with Crippen LogP contribution in [-0.4, -0.2) is 16.1 Å². The highest BCUT2D eigenvalue weighted by Gasteiger charge is 2.17. The summed E-state index contributed by atoms with van der Waals surface area (Å²) in [4.78, 5) is 18.1. The minimum absolute atomic E-state index is 0.0135. The number of rotatable bonds is 6. The molecule has 0 amide bonds. The normalized spacial score (nSPS) is 12.5. The lowest BCUT2D eigenvalue weighted by atomic mass is 10.1. The number of unbranched alkanes of at least 4 members (excludes halogenated alkanes) is 1. The van der Waals surface area contributed by atoms with Gasteiger partial charge in [0, 0.05) is 0 Å². The van der Waals surface area contributed by atoms with E-state index in [1.165, 1.54) is 11.1 Å². The SMILES string of the molecule is CCCCNC(C)c1nc2ccccc2c(=O)n1-c1ccc(C)c(C)c1. The molecular weight excluding hydrogens is 322 g/mol. The highest BCUT2D eigenvalue weighted by Crippen LogP contribution is 2.20. The standard InChI is InChI=1S/C22H27N3O/c1-5-6-13-23-17(4)21-24-20-10-8-7-9-19(20)22(26)25(21)18-12-11-15(2)16(3)14-18/h7-12,14,17,23H,5-6,13H2,1-4H3. The van der Waals surface area contributed by atoms with Gasteiger partial charge in [-0.05, 0) is 69.1 Å². The van der Waals surface area contributed by atoms with E-state index in [-0.39, 0.29) is 11.6 Å². The lowest BCUT2D eigenvalue weighted by molar-refractivity contribution is 0.520. The molecule has 26 heavy (non-hydrogen) atoms. The van der Waals surface area contributed by atoms with Gasteiger partial charge < -0.3 is 5.32 Å². The van der Waals surface area contributed by atoms with Gasteiger partial charge in [0.2, 0.25) is 0 Å². The zero-order chi connectivity index (χ0) is 18.7. The van der Waals surface area contributed by atoms with Crippen LogP contribution >= 0.6 is 0 Å². The Kier molecular flexibility index (Phi) is 5.52. The number of aromatic nitrogens is 2. The number of benzene rings is 2. The summed E-state index contributed by atoms with van der Waals surface area (Å²) in [5, 5.41) is 4.15. The molecule has 1 aromatic heterocycles. The van der Waals surface area contributed by atoms with E-state index in [0.717, 1.165) is 36.4 Å². The van der Waals surface area contributed by atoms with Crippen molar-refractivity contribution < 1.29 is 0 Å². The molecule has 0 fully saturated rings. The van der Waals surface area contributed by atoms with Crippen LogP contribution in [0.1, 0.15) is 49.7 Å². The maximum atomic E-state index is 13.3. The Morgan fingerprint density at radius 2 is 1.88 bits per heavy atom. The van der Waals surface area contributed by atoms with E-state index in [2.05, 4.69) is 45.1 Å². The van der Waals surface area contributed by atoms with Crippen molar-refractivity contribution in [3.05, 3.63) is 69.8 Å². The third-order valence-corrected chi connectivity index (χ3v) is 4.92. The van der Waals surface area contributed by atoms with Gasteiger partial charge in [-0.3, -0.25) is 9.36 Å². The molecule has 0 bridgehead atoms. The molecule has 3 rings (SSSR count). The van der Waals surface area contributed by atoms with E-state index in [1.54, 1.807) is 4.57 Å². The third kappa shape index (κ3) is 3.56. The Morgan fingerprint density at radius 1 is 1.12 bits per heavy atom. The van der Waals surface area contributed by atoms with Crippen LogP contribution in [0.4, 0.5) is 0 Å². The highest BCUT2D eigenvalue weighted by atomic mass is 16.1. The second-order valence-electron chi connectivity index (χ2n) is 6.93. The average molecular weight is 349 g/mol. The van der Waals surface area contributed by atoms with E-state index in [1.807, 2.05) is 30.3 Å². The first-order valence-electron chi connectivity index (χ1n) is 9.35. The smallest absolute Gasteiger partial charge is 0.266 e. The summed E-state index contributed by atoms with van der Waals surface area (Å²) >= 11 is 0. The second-order valence-corrected chi connectivity index (χ2v) is 6.93. The summed E-state index contributed by atoms with van der Waals surface area (Å²) in [6.07, 6.45) is 2.24. The fourth-order valence-electron chi connectivity index (χ4n) is 3.14. The van der Waals surface area contributed by atoms with Crippen LogP contribution in [0, 0.1) is 13.8 Å². The fourth-order valence-corrected chi connectivity index (χ4v) is 3.14. The van der Waals surface area contributed by atoms with Crippen LogP contribution in [0.2, 0.25) is 0 Å². The first-order valence-corrected chi connectivity index (χ1v) is 9.35. The molecule has 1 heterocycles. The van der Waals surface area contributed by atoms with Crippen molar-refractivity contribution in [3.63, 3.8) is 0 Å². The fraction of sp³-hybridized carbons (Fsp3) is 0.364. The van der Waals surface area contributed by atoms with Gasteiger partial charge in [0.05, 0.1) is 22.6 Å². The average Bonchev–Trinajstić information content (AvgIpc) is 2.64. The lowest BCUT2D eigenvalue weighted by Gasteiger charge is -2.20. The molecule has 4 heteroatoms. The molecule has 2 aromatic carbocycles. The molecule has 136 valence electrons. The Balaban J connectivity index is 2.20. The summed E-state index contributed by atoms with van der Waals surface area (Å²) in [7, 11) is 0. The van der Waals surface area contributed by atoms with E-state index < -0.39 is 0 Å². The van der Waals surface area contributed by atoms with Gasteiger partial charge in [0.1, 0.15) is 5.82 Å². The monoisotopic (exact) mass is 349 g/mol. The van der Waals surface area contributed by atoms with Crippen molar-refractivity contribution in [3.8, 4) is 5.69 Å². The molecule has 4 nitrogen and oxygen atoms in total. The van der Waals surface area contributed by atoms with Crippen LogP contribution in [0.15, 0.2) is 47.3 Å². The van der Waals surface area contributed by atoms with Crippen molar-refractivity contribution in [1.29, 1.82) is 0 Å². The maximum Gasteiger partial charge on any atom is 0.266 e. The van der Waals surface area contributed by atoms with E-state index in [9.17, 15) is 4.79 Å². The van der Waals surface area contributed by atoms with Crippen LogP contribution < -0.4 is 10.9 Å². The Morgan fingerprint density at radius 3 is 2.62 bits per heavy atom. The predicted octanol–water partition coefficient (Wildman–Crippen LogP) is 4.45. The minimum atomic E-state index is -0.0157. The second kappa shape index (κ2) is 7.83.